The Morgan fingerprint density at radius 3 is 2.62 bits per heavy atom. The summed E-state index contributed by atoms with van der Waals surface area (Å²) in [5, 5.41) is 13.3. The van der Waals surface area contributed by atoms with Crippen molar-refractivity contribution in [2.45, 2.75) is 6.92 Å². The highest BCUT2D eigenvalue weighted by molar-refractivity contribution is 9.10. The van der Waals surface area contributed by atoms with E-state index >= 15 is 0 Å². The third kappa shape index (κ3) is 3.43. The molecule has 0 aliphatic heterocycles. The molecular weight excluding hydrogens is 343 g/mol. The monoisotopic (exact) mass is 352 g/mol. The van der Waals surface area contributed by atoms with Crippen LogP contribution in [0.4, 0.5) is 15.8 Å². The largest absolute Gasteiger partial charge is 0.316 e. The predicted molar refractivity (Wildman–Crippen MR) is 79.9 cm³/mol. The van der Waals surface area contributed by atoms with Crippen LogP contribution in [0.2, 0.25) is 0 Å². The van der Waals surface area contributed by atoms with E-state index in [1.165, 1.54) is 24.3 Å². The van der Waals surface area contributed by atoms with Crippen LogP contribution in [-0.4, -0.2) is 10.8 Å². The molecule has 0 saturated carbocycles. The summed E-state index contributed by atoms with van der Waals surface area (Å²) in [7, 11) is 0. The fraction of sp³-hybridized carbons (Fsp3) is 0.0714. The minimum atomic E-state index is -0.742. The van der Waals surface area contributed by atoms with E-state index < -0.39 is 16.6 Å². The van der Waals surface area contributed by atoms with Crippen LogP contribution in [0.1, 0.15) is 15.9 Å². The molecule has 0 aliphatic carbocycles. The molecule has 0 fully saturated rings. The van der Waals surface area contributed by atoms with Crippen molar-refractivity contribution in [3.63, 3.8) is 0 Å². The first-order valence-electron chi connectivity index (χ1n) is 5.90. The second-order valence-electron chi connectivity index (χ2n) is 4.36. The number of nitrogens with one attached hydrogen (secondary N) is 1. The van der Waals surface area contributed by atoms with Crippen molar-refractivity contribution in [2.24, 2.45) is 0 Å². The topological polar surface area (TPSA) is 72.2 Å². The van der Waals surface area contributed by atoms with Crippen LogP contribution in [-0.2, 0) is 0 Å². The van der Waals surface area contributed by atoms with Gasteiger partial charge in [-0.1, -0.05) is 22.0 Å². The number of carbonyl (C=O) groups excluding carboxylic acids is 1. The van der Waals surface area contributed by atoms with Crippen LogP contribution in [0.15, 0.2) is 40.9 Å². The number of rotatable bonds is 3. The minimum Gasteiger partial charge on any atom is -0.316 e. The molecule has 2 aromatic rings. The number of hydrogen-bond acceptors (Lipinski definition) is 3. The standard InChI is InChI=1S/C14H10BrFN2O3/c1-8-2-5-13(18(20)21)12(6-8)17-14(19)10-4-3-9(15)7-11(10)16/h2-7H,1H3,(H,17,19). The third-order valence-corrected chi connectivity index (χ3v) is 3.27. The average Bonchev–Trinajstić information content (AvgIpc) is 2.37. The van der Waals surface area contributed by atoms with Crippen molar-refractivity contribution < 1.29 is 14.1 Å². The molecule has 0 heterocycles. The molecule has 108 valence electrons. The van der Waals surface area contributed by atoms with E-state index in [0.29, 0.717) is 4.47 Å². The Hall–Kier alpha value is -2.28. The fourth-order valence-electron chi connectivity index (χ4n) is 1.77. The second kappa shape index (κ2) is 6.01. The summed E-state index contributed by atoms with van der Waals surface area (Å²) >= 11 is 3.09. The number of aryl methyl sites for hydroxylation is 1. The first-order chi connectivity index (χ1) is 9.88. The maximum absolute atomic E-state index is 13.7. The average molecular weight is 353 g/mol. The van der Waals surface area contributed by atoms with Gasteiger partial charge in [-0.3, -0.25) is 14.9 Å². The molecule has 21 heavy (non-hydrogen) atoms. The van der Waals surface area contributed by atoms with Gasteiger partial charge in [-0.15, -0.1) is 0 Å². The number of carbonyl (C=O) groups is 1. The zero-order valence-corrected chi connectivity index (χ0v) is 12.5. The highest BCUT2D eigenvalue weighted by atomic mass is 79.9. The molecule has 1 N–H and O–H groups in total. The lowest BCUT2D eigenvalue weighted by Crippen LogP contribution is -2.15. The second-order valence-corrected chi connectivity index (χ2v) is 5.27. The van der Waals surface area contributed by atoms with Crippen molar-refractivity contribution in [2.75, 3.05) is 5.32 Å². The first kappa shape index (κ1) is 15.1. The Balaban J connectivity index is 2.35. The molecule has 2 rings (SSSR count). The lowest BCUT2D eigenvalue weighted by molar-refractivity contribution is -0.383. The highest BCUT2D eigenvalue weighted by Gasteiger charge is 2.18. The molecule has 0 atom stereocenters. The quantitative estimate of drug-likeness (QED) is 0.668. The zero-order valence-electron chi connectivity index (χ0n) is 10.9. The normalized spacial score (nSPS) is 10.2. The highest BCUT2D eigenvalue weighted by Crippen LogP contribution is 2.26. The molecule has 2 aromatic carbocycles. The van der Waals surface area contributed by atoms with Crippen LogP contribution in [0.3, 0.4) is 0 Å². The summed E-state index contributed by atoms with van der Waals surface area (Å²) < 4.78 is 14.2. The van der Waals surface area contributed by atoms with E-state index in [-0.39, 0.29) is 16.9 Å². The van der Waals surface area contributed by atoms with Crippen LogP contribution in [0, 0.1) is 22.9 Å². The van der Waals surface area contributed by atoms with E-state index in [1.54, 1.807) is 13.0 Å². The van der Waals surface area contributed by atoms with Crippen LogP contribution in [0.25, 0.3) is 0 Å². The number of hydrogen-bond donors (Lipinski definition) is 1. The number of nitrogens with zero attached hydrogens (tertiary/aromatic N) is 1. The molecule has 0 radical (unpaired) electrons. The number of anilines is 1. The predicted octanol–water partition coefficient (Wildman–Crippen LogP) is 4.06. The summed E-state index contributed by atoms with van der Waals surface area (Å²) in [5.41, 5.74) is 0.347. The summed E-state index contributed by atoms with van der Waals surface area (Å²) in [6.07, 6.45) is 0. The smallest absolute Gasteiger partial charge is 0.292 e. The van der Waals surface area contributed by atoms with Gasteiger partial charge >= 0.3 is 0 Å². The third-order valence-electron chi connectivity index (χ3n) is 2.77. The number of benzene rings is 2. The molecule has 0 unspecified atom stereocenters. The van der Waals surface area contributed by atoms with E-state index in [2.05, 4.69) is 21.2 Å². The Bertz CT molecular complexity index is 734. The number of halogens is 2. The van der Waals surface area contributed by atoms with Crippen molar-refractivity contribution in [3.8, 4) is 0 Å². The first-order valence-corrected chi connectivity index (χ1v) is 6.69. The van der Waals surface area contributed by atoms with E-state index in [0.717, 1.165) is 11.6 Å². The Labute approximate surface area is 128 Å². The van der Waals surface area contributed by atoms with Crippen molar-refractivity contribution in [1.29, 1.82) is 0 Å². The van der Waals surface area contributed by atoms with Crippen LogP contribution < -0.4 is 5.32 Å². The van der Waals surface area contributed by atoms with Crippen molar-refractivity contribution in [3.05, 3.63) is 67.9 Å². The van der Waals surface area contributed by atoms with Gasteiger partial charge in [0.15, 0.2) is 0 Å². The molecule has 5 nitrogen and oxygen atoms in total. The number of nitro benzene ring substituents is 1. The lowest BCUT2D eigenvalue weighted by atomic mass is 10.1. The van der Waals surface area contributed by atoms with Gasteiger partial charge in [-0.25, -0.2) is 4.39 Å². The Morgan fingerprint density at radius 1 is 1.29 bits per heavy atom. The van der Waals surface area contributed by atoms with Crippen LogP contribution in [0.5, 0.6) is 0 Å². The summed E-state index contributed by atoms with van der Waals surface area (Å²) in [6, 6.07) is 8.29. The van der Waals surface area contributed by atoms with E-state index in [9.17, 15) is 19.3 Å². The summed E-state index contributed by atoms with van der Waals surface area (Å²) in [5.74, 6) is -1.45. The SMILES string of the molecule is Cc1ccc([N+](=O)[O-])c(NC(=O)c2ccc(Br)cc2F)c1. The fourth-order valence-corrected chi connectivity index (χ4v) is 2.11. The van der Waals surface area contributed by atoms with E-state index in [4.69, 9.17) is 0 Å². The van der Waals surface area contributed by atoms with Gasteiger partial charge in [0.1, 0.15) is 11.5 Å². The number of nitro groups is 1. The molecule has 7 heteroatoms. The Morgan fingerprint density at radius 2 is 2.00 bits per heavy atom. The maximum atomic E-state index is 13.7. The van der Waals surface area contributed by atoms with Gasteiger partial charge in [0.25, 0.3) is 11.6 Å². The van der Waals surface area contributed by atoms with Gasteiger partial charge in [-0.05, 0) is 36.8 Å². The van der Waals surface area contributed by atoms with Gasteiger partial charge in [-0.2, -0.15) is 0 Å². The molecule has 0 spiro atoms. The zero-order chi connectivity index (χ0) is 15.6. The minimum absolute atomic E-state index is 0.0346. The Kier molecular flexibility index (Phi) is 4.32. The van der Waals surface area contributed by atoms with Gasteiger partial charge in [0, 0.05) is 10.5 Å². The van der Waals surface area contributed by atoms with E-state index in [1.807, 2.05) is 0 Å². The van der Waals surface area contributed by atoms with Crippen LogP contribution >= 0.6 is 15.9 Å². The van der Waals surface area contributed by atoms with Gasteiger partial charge < -0.3 is 5.32 Å². The lowest BCUT2D eigenvalue weighted by Gasteiger charge is -2.08. The van der Waals surface area contributed by atoms with Crippen molar-refractivity contribution >= 4 is 33.2 Å². The van der Waals surface area contributed by atoms with Gasteiger partial charge in [0.2, 0.25) is 0 Å². The molecular formula is C14H10BrFN2O3. The van der Waals surface area contributed by atoms with Crippen molar-refractivity contribution in [1.82, 2.24) is 0 Å². The molecule has 0 aliphatic rings. The maximum Gasteiger partial charge on any atom is 0.292 e. The molecule has 0 aromatic heterocycles. The summed E-state index contributed by atoms with van der Waals surface area (Å²) in [4.78, 5) is 22.4. The molecule has 0 bridgehead atoms. The van der Waals surface area contributed by atoms with Gasteiger partial charge in [0.05, 0.1) is 10.5 Å². The number of amides is 1. The molecule has 0 saturated heterocycles. The summed E-state index contributed by atoms with van der Waals surface area (Å²) in [6.45, 7) is 1.74. The molecule has 1 amide bonds.